The number of nitrogens with one attached hydrogen (secondary N) is 3. The van der Waals surface area contributed by atoms with Crippen molar-refractivity contribution >= 4 is 44.8 Å². The number of rotatable bonds is 8. The number of aromatic nitrogens is 2. The first-order chi connectivity index (χ1) is 15.8. The summed E-state index contributed by atoms with van der Waals surface area (Å²) < 4.78 is 37.7. The smallest absolute Gasteiger partial charge is 0.321 e. The van der Waals surface area contributed by atoms with Crippen molar-refractivity contribution in [3.05, 3.63) is 66.2 Å². The fourth-order valence-corrected chi connectivity index (χ4v) is 3.90. The van der Waals surface area contributed by atoms with Crippen LogP contribution in [0.5, 0.6) is 11.9 Å². The van der Waals surface area contributed by atoms with Gasteiger partial charge in [0.15, 0.2) is 10.9 Å². The number of anilines is 2. The van der Waals surface area contributed by atoms with E-state index >= 15 is 0 Å². The number of amides is 1. The molecule has 0 atom stereocenters. The Morgan fingerprint density at radius 2 is 1.70 bits per heavy atom. The van der Waals surface area contributed by atoms with E-state index < -0.39 is 10.0 Å². The van der Waals surface area contributed by atoms with E-state index in [1.54, 1.807) is 0 Å². The van der Waals surface area contributed by atoms with Gasteiger partial charge in [-0.25, -0.2) is 8.42 Å². The minimum atomic E-state index is -3.94. The second-order valence-electron chi connectivity index (χ2n) is 6.58. The molecule has 1 aromatic heterocycles. The standard InChI is InChI=1S/C21H21N5O5S2/c1-30-19-13-17(23-20(25-19)31-2)26-33(28,29)16-10-8-15(9-11-16)22-21(32)24-18(27)12-14-6-4-3-5-7-14/h3-11,13H,12H2,1-2H3,(H,23,25,26)(H2,22,24,27,32). The molecule has 10 nitrogen and oxygen atoms in total. The Balaban J connectivity index is 1.62. The zero-order chi connectivity index (χ0) is 23.8. The molecule has 33 heavy (non-hydrogen) atoms. The number of hydrogen-bond acceptors (Lipinski definition) is 8. The Morgan fingerprint density at radius 3 is 2.33 bits per heavy atom. The highest BCUT2D eigenvalue weighted by Gasteiger charge is 2.17. The van der Waals surface area contributed by atoms with Crippen molar-refractivity contribution < 1.29 is 22.7 Å². The Bertz CT molecular complexity index is 1210. The molecule has 172 valence electrons. The van der Waals surface area contributed by atoms with Gasteiger partial charge in [0.25, 0.3) is 10.0 Å². The lowest BCUT2D eigenvalue weighted by Crippen LogP contribution is -2.35. The number of methoxy groups -OCH3 is 2. The van der Waals surface area contributed by atoms with Gasteiger partial charge in [-0.2, -0.15) is 9.97 Å². The molecule has 2 aromatic carbocycles. The van der Waals surface area contributed by atoms with Crippen LogP contribution >= 0.6 is 12.2 Å². The Kier molecular flexibility index (Phi) is 7.74. The van der Waals surface area contributed by atoms with E-state index in [0.29, 0.717) is 5.69 Å². The van der Waals surface area contributed by atoms with E-state index in [2.05, 4.69) is 25.3 Å². The topological polar surface area (TPSA) is 132 Å². The highest BCUT2D eigenvalue weighted by Crippen LogP contribution is 2.21. The number of thiocarbonyl (C=S) groups is 1. The molecule has 0 spiro atoms. The Morgan fingerprint density at radius 1 is 1.00 bits per heavy atom. The molecule has 3 rings (SSSR count). The first-order valence-electron chi connectivity index (χ1n) is 9.54. The van der Waals surface area contributed by atoms with E-state index in [1.165, 1.54) is 44.6 Å². The van der Waals surface area contributed by atoms with Crippen LogP contribution in [0, 0.1) is 0 Å². The Hall–Kier alpha value is -3.77. The summed E-state index contributed by atoms with van der Waals surface area (Å²) in [5.41, 5.74) is 1.36. The summed E-state index contributed by atoms with van der Waals surface area (Å²) in [5.74, 6) is -0.136. The van der Waals surface area contributed by atoms with Crippen LogP contribution in [0.2, 0.25) is 0 Å². The van der Waals surface area contributed by atoms with Gasteiger partial charge >= 0.3 is 6.01 Å². The average Bonchev–Trinajstić information content (AvgIpc) is 2.79. The van der Waals surface area contributed by atoms with Crippen LogP contribution < -0.4 is 24.8 Å². The summed E-state index contributed by atoms with van der Waals surface area (Å²) in [5, 5.41) is 5.54. The third-order valence-electron chi connectivity index (χ3n) is 4.20. The molecule has 1 heterocycles. The molecule has 0 bridgehead atoms. The molecule has 0 aliphatic carbocycles. The molecule has 0 saturated heterocycles. The largest absolute Gasteiger partial charge is 0.481 e. The molecule has 0 fully saturated rings. The van der Waals surface area contributed by atoms with Gasteiger partial charge in [-0.05, 0) is 42.0 Å². The predicted molar refractivity (Wildman–Crippen MR) is 127 cm³/mol. The van der Waals surface area contributed by atoms with E-state index in [1.807, 2.05) is 30.3 Å². The molecule has 0 saturated carbocycles. The van der Waals surface area contributed by atoms with Crippen molar-refractivity contribution in [1.29, 1.82) is 0 Å². The molecule has 0 radical (unpaired) electrons. The van der Waals surface area contributed by atoms with Gasteiger partial charge in [0.1, 0.15) is 0 Å². The van der Waals surface area contributed by atoms with Crippen LogP contribution in [0.1, 0.15) is 5.56 Å². The monoisotopic (exact) mass is 487 g/mol. The highest BCUT2D eigenvalue weighted by molar-refractivity contribution is 7.92. The van der Waals surface area contributed by atoms with E-state index in [4.69, 9.17) is 21.7 Å². The maximum atomic E-state index is 12.7. The second kappa shape index (κ2) is 10.7. The summed E-state index contributed by atoms with van der Waals surface area (Å²) in [7, 11) is -1.20. The van der Waals surface area contributed by atoms with Gasteiger partial charge in [-0.15, -0.1) is 0 Å². The fraction of sp³-hybridized carbons (Fsp3) is 0.143. The number of hydrogen-bond donors (Lipinski definition) is 3. The van der Waals surface area contributed by atoms with Crippen molar-refractivity contribution in [1.82, 2.24) is 15.3 Å². The third kappa shape index (κ3) is 6.85. The minimum Gasteiger partial charge on any atom is -0.481 e. The van der Waals surface area contributed by atoms with Crippen LogP contribution in [0.3, 0.4) is 0 Å². The summed E-state index contributed by atoms with van der Waals surface area (Å²) in [6.45, 7) is 0. The van der Waals surface area contributed by atoms with Crippen LogP contribution in [0.25, 0.3) is 0 Å². The molecular weight excluding hydrogens is 466 g/mol. The molecule has 0 aliphatic heterocycles. The van der Waals surface area contributed by atoms with Crippen molar-refractivity contribution in [3.63, 3.8) is 0 Å². The molecule has 12 heteroatoms. The van der Waals surface area contributed by atoms with Crippen molar-refractivity contribution in [3.8, 4) is 11.9 Å². The molecular formula is C21H21N5O5S2. The number of benzene rings is 2. The van der Waals surface area contributed by atoms with Gasteiger partial charge in [0.05, 0.1) is 25.5 Å². The zero-order valence-electron chi connectivity index (χ0n) is 17.7. The number of carbonyl (C=O) groups excluding carboxylic acids is 1. The lowest BCUT2D eigenvalue weighted by Gasteiger charge is -2.12. The maximum absolute atomic E-state index is 12.7. The van der Waals surface area contributed by atoms with Crippen LogP contribution in [0.4, 0.5) is 11.5 Å². The molecule has 0 aliphatic rings. The van der Waals surface area contributed by atoms with Crippen LogP contribution in [0.15, 0.2) is 65.6 Å². The maximum Gasteiger partial charge on any atom is 0.321 e. The summed E-state index contributed by atoms with van der Waals surface area (Å²) >= 11 is 5.16. The highest BCUT2D eigenvalue weighted by atomic mass is 32.2. The fourth-order valence-electron chi connectivity index (χ4n) is 2.68. The van der Waals surface area contributed by atoms with Gasteiger partial charge in [-0.1, -0.05) is 30.3 Å². The van der Waals surface area contributed by atoms with Gasteiger partial charge in [0.2, 0.25) is 11.8 Å². The Labute approximate surface area is 196 Å². The van der Waals surface area contributed by atoms with Crippen LogP contribution in [-0.2, 0) is 21.2 Å². The van der Waals surface area contributed by atoms with E-state index in [0.717, 1.165) is 5.56 Å². The molecule has 3 N–H and O–H groups in total. The lowest BCUT2D eigenvalue weighted by molar-refractivity contribution is -0.119. The second-order valence-corrected chi connectivity index (χ2v) is 8.67. The van der Waals surface area contributed by atoms with E-state index in [9.17, 15) is 13.2 Å². The summed E-state index contributed by atoms with van der Waals surface area (Å²) in [4.78, 5) is 20.0. The lowest BCUT2D eigenvalue weighted by atomic mass is 10.1. The summed E-state index contributed by atoms with van der Waals surface area (Å²) in [6.07, 6.45) is 0.185. The number of nitrogens with zero attached hydrogens (tertiary/aromatic N) is 2. The molecule has 0 unspecified atom stereocenters. The SMILES string of the molecule is COc1cc(NS(=O)(=O)c2ccc(NC(=S)NC(=O)Cc3ccccc3)cc2)nc(OC)n1. The number of sulfonamides is 1. The third-order valence-corrected chi connectivity index (χ3v) is 5.77. The summed E-state index contributed by atoms with van der Waals surface area (Å²) in [6, 6.07) is 16.3. The van der Waals surface area contributed by atoms with Crippen molar-refractivity contribution in [2.75, 3.05) is 24.3 Å². The first-order valence-corrected chi connectivity index (χ1v) is 11.4. The number of carbonyl (C=O) groups is 1. The average molecular weight is 488 g/mol. The van der Waals surface area contributed by atoms with Gasteiger partial charge in [0, 0.05) is 11.8 Å². The number of ether oxygens (including phenoxy) is 2. The molecule has 3 aromatic rings. The van der Waals surface area contributed by atoms with Crippen LogP contribution in [-0.4, -0.2) is 43.6 Å². The predicted octanol–water partition coefficient (Wildman–Crippen LogP) is 2.35. The first kappa shape index (κ1) is 23.9. The minimum absolute atomic E-state index is 0.0105. The normalized spacial score (nSPS) is 10.7. The zero-order valence-corrected chi connectivity index (χ0v) is 19.4. The van der Waals surface area contributed by atoms with Gasteiger partial charge < -0.3 is 20.1 Å². The van der Waals surface area contributed by atoms with E-state index in [-0.39, 0.29) is 40.0 Å². The van der Waals surface area contributed by atoms with Gasteiger partial charge in [-0.3, -0.25) is 9.52 Å². The molecule has 1 amide bonds. The van der Waals surface area contributed by atoms with Crippen molar-refractivity contribution in [2.24, 2.45) is 0 Å². The quantitative estimate of drug-likeness (QED) is 0.410. The van der Waals surface area contributed by atoms with Crippen molar-refractivity contribution in [2.45, 2.75) is 11.3 Å².